The highest BCUT2D eigenvalue weighted by atomic mass is 14.8. The fourth-order valence-electron chi connectivity index (χ4n) is 10.6. The van der Waals surface area contributed by atoms with Gasteiger partial charge in [0.1, 0.15) is 0 Å². The van der Waals surface area contributed by atoms with Crippen molar-refractivity contribution < 1.29 is 0 Å². The molecule has 0 saturated heterocycles. The number of allylic oxidation sites excluding steroid dienone is 3. The molecule has 3 heteroatoms. The predicted molar refractivity (Wildman–Crippen MR) is 246 cm³/mol. The summed E-state index contributed by atoms with van der Waals surface area (Å²) in [5.41, 5.74) is 14.6. The number of benzene rings is 8. The molecular formula is C53H48BN2. The first-order chi connectivity index (χ1) is 26.7. The molecule has 56 heavy (non-hydrogen) atoms. The summed E-state index contributed by atoms with van der Waals surface area (Å²) < 4.78 is 0. The van der Waals surface area contributed by atoms with Gasteiger partial charge in [-0.1, -0.05) is 150 Å². The number of nitrogens with zero attached hydrogens (tertiary/aromatic N) is 1. The topological polar surface area (TPSA) is 28.1 Å². The summed E-state index contributed by atoms with van der Waals surface area (Å²) in [5, 5.41) is 15.5. The van der Waals surface area contributed by atoms with Crippen molar-refractivity contribution in [1.29, 1.82) is 0 Å². The van der Waals surface area contributed by atoms with Crippen LogP contribution in [-0.4, -0.2) is 18.0 Å². The molecule has 273 valence electrons. The zero-order valence-electron chi connectivity index (χ0n) is 34.3. The molecule has 0 saturated carbocycles. The Kier molecular flexibility index (Phi) is 7.41. The van der Waals surface area contributed by atoms with Crippen molar-refractivity contribution in [3.05, 3.63) is 148 Å². The number of aliphatic imine (C=N–C) groups is 1. The van der Waals surface area contributed by atoms with Gasteiger partial charge in [-0.05, 0) is 143 Å². The second kappa shape index (κ2) is 11.9. The van der Waals surface area contributed by atoms with Crippen LogP contribution < -0.4 is 10.9 Å². The van der Waals surface area contributed by atoms with Crippen molar-refractivity contribution >= 4 is 94.1 Å². The van der Waals surface area contributed by atoms with Crippen LogP contribution in [0.4, 0.5) is 0 Å². The Balaban J connectivity index is 1.27. The number of hydrogen-bond donors (Lipinski definition) is 1. The van der Waals surface area contributed by atoms with E-state index in [4.69, 9.17) is 4.99 Å². The van der Waals surface area contributed by atoms with Gasteiger partial charge in [-0.15, -0.1) is 0 Å². The molecule has 1 aliphatic rings. The molecule has 9 aromatic rings. The maximum absolute atomic E-state index is 5.76. The second-order valence-electron chi connectivity index (χ2n) is 18.4. The van der Waals surface area contributed by atoms with E-state index in [1.54, 1.807) is 0 Å². The lowest BCUT2D eigenvalue weighted by molar-refractivity contribution is 0.522. The molecule has 1 radical (unpaired) electrons. The third-order valence-electron chi connectivity index (χ3n) is 12.7. The Morgan fingerprint density at radius 3 is 1.68 bits per heavy atom. The molecule has 1 aliphatic heterocycles. The van der Waals surface area contributed by atoms with Gasteiger partial charge in [0.25, 0.3) is 0 Å². The van der Waals surface area contributed by atoms with E-state index in [2.05, 4.69) is 185 Å². The number of aryl methyl sites for hydroxylation is 1. The number of nitrogens with one attached hydrogen (secondary N) is 1. The van der Waals surface area contributed by atoms with Crippen LogP contribution in [-0.2, 0) is 5.41 Å². The predicted octanol–water partition coefficient (Wildman–Crippen LogP) is 13.0. The van der Waals surface area contributed by atoms with E-state index in [0.29, 0.717) is 0 Å². The van der Waals surface area contributed by atoms with Crippen molar-refractivity contribution in [2.75, 3.05) is 0 Å². The third-order valence-corrected chi connectivity index (χ3v) is 12.7. The smallest absolute Gasteiger partial charge is 0.193 e. The number of rotatable bonds is 4. The largest absolute Gasteiger partial charge is 0.358 e. The summed E-state index contributed by atoms with van der Waals surface area (Å²) in [4.78, 5) is 9.56. The molecule has 1 N–H and O–H groups in total. The summed E-state index contributed by atoms with van der Waals surface area (Å²) in [6, 6.07) is 38.9. The number of aromatic amines is 1. The van der Waals surface area contributed by atoms with E-state index in [1.807, 2.05) is 0 Å². The van der Waals surface area contributed by atoms with E-state index in [-0.39, 0.29) is 10.8 Å². The molecule has 0 fully saturated rings. The van der Waals surface area contributed by atoms with Crippen LogP contribution in [0.25, 0.3) is 70.2 Å². The Morgan fingerprint density at radius 2 is 1.11 bits per heavy atom. The van der Waals surface area contributed by atoms with Crippen molar-refractivity contribution in [3.63, 3.8) is 0 Å². The molecule has 8 aromatic carbocycles. The third kappa shape index (κ3) is 4.99. The van der Waals surface area contributed by atoms with Gasteiger partial charge in [-0.25, -0.2) is 4.99 Å². The highest BCUT2D eigenvalue weighted by Gasteiger charge is 2.35. The Morgan fingerprint density at radius 1 is 0.589 bits per heavy atom. The van der Waals surface area contributed by atoms with Crippen molar-refractivity contribution in [2.45, 2.75) is 74.7 Å². The Bertz CT molecular complexity index is 3170. The monoisotopic (exact) mass is 723 g/mol. The maximum atomic E-state index is 5.76. The summed E-state index contributed by atoms with van der Waals surface area (Å²) in [6.45, 7) is 23.0. The lowest BCUT2D eigenvalue weighted by Gasteiger charge is -2.26. The zero-order chi connectivity index (χ0) is 39.0. The van der Waals surface area contributed by atoms with Crippen LogP contribution in [0.5, 0.6) is 0 Å². The fraction of sp³-hybridized carbons (Fsp3) is 0.226. The fourth-order valence-corrected chi connectivity index (χ4v) is 10.6. The van der Waals surface area contributed by atoms with Crippen molar-refractivity contribution in [3.8, 4) is 0 Å². The molecule has 2 nitrogen and oxygen atoms in total. The lowest BCUT2D eigenvalue weighted by Crippen LogP contribution is -2.34. The first kappa shape index (κ1) is 34.8. The maximum Gasteiger partial charge on any atom is 0.193 e. The average molecular weight is 724 g/mol. The SMILES string of the molecule is CC1=C(C(C)(C)C)C(c2cc3ccc4cccc5ccc(c2[B]c2ccc6ccc7cccc8ccc2c6c78)c3c45)=N/C1=C(/C)c1[nH]c(C)c(C(C)(C)C)c1C. The van der Waals surface area contributed by atoms with Gasteiger partial charge < -0.3 is 4.98 Å². The van der Waals surface area contributed by atoms with Crippen LogP contribution in [0.15, 0.2) is 125 Å². The Labute approximate surface area is 331 Å². The van der Waals surface area contributed by atoms with Crippen LogP contribution >= 0.6 is 0 Å². The first-order valence-corrected chi connectivity index (χ1v) is 20.1. The van der Waals surface area contributed by atoms with E-state index in [9.17, 15) is 0 Å². The quantitative estimate of drug-likeness (QED) is 0.138. The molecule has 10 rings (SSSR count). The molecule has 1 aromatic heterocycles. The van der Waals surface area contributed by atoms with E-state index >= 15 is 0 Å². The van der Waals surface area contributed by atoms with Crippen molar-refractivity contribution in [1.82, 2.24) is 4.98 Å². The van der Waals surface area contributed by atoms with E-state index in [0.717, 1.165) is 11.4 Å². The Hall–Kier alpha value is -5.67. The molecule has 0 amide bonds. The van der Waals surface area contributed by atoms with Crippen LogP contribution in [0, 0.1) is 19.3 Å². The minimum absolute atomic E-state index is 0.0410. The molecule has 0 spiro atoms. The van der Waals surface area contributed by atoms with Gasteiger partial charge in [0.05, 0.1) is 11.4 Å². The van der Waals surface area contributed by atoms with Gasteiger partial charge in [-0.2, -0.15) is 0 Å². The average Bonchev–Trinajstić information content (AvgIpc) is 3.68. The van der Waals surface area contributed by atoms with Crippen LogP contribution in [0.2, 0.25) is 0 Å². The first-order valence-electron chi connectivity index (χ1n) is 20.1. The molecule has 0 atom stereocenters. The minimum Gasteiger partial charge on any atom is -0.358 e. The van der Waals surface area contributed by atoms with E-state index in [1.165, 1.54) is 120 Å². The standard InChI is InChI=1S/C53H48BN2/c1-28-46(52(5,6)7)31(4)55-49(28)30(3)50-29(2)47(53(8,9)10)51(56-50)40-27-37-20-19-33-14-12-16-35-22-25-39(45(37)43(33)35)48(40)54-41-26-23-36-18-17-32-13-11-15-34-21-24-38(41)44(36)42(32)34/h11-27,55H,1-10H3/b50-30-. The summed E-state index contributed by atoms with van der Waals surface area (Å²) >= 11 is 0. The van der Waals surface area contributed by atoms with Gasteiger partial charge in [0.2, 0.25) is 0 Å². The second-order valence-corrected chi connectivity index (χ2v) is 18.4. The number of hydrogen-bond acceptors (Lipinski definition) is 1. The molecule has 0 aliphatic carbocycles. The highest BCUT2D eigenvalue weighted by molar-refractivity contribution is 6.74. The molecule has 2 heterocycles. The summed E-state index contributed by atoms with van der Waals surface area (Å²) in [5.74, 6) is 0. The normalized spacial score (nSPS) is 15.2. The van der Waals surface area contributed by atoms with Gasteiger partial charge >= 0.3 is 0 Å². The van der Waals surface area contributed by atoms with Gasteiger partial charge in [0.15, 0.2) is 7.28 Å². The van der Waals surface area contributed by atoms with Gasteiger partial charge in [-0.3, -0.25) is 0 Å². The van der Waals surface area contributed by atoms with Gasteiger partial charge in [0, 0.05) is 11.4 Å². The molecular weight excluding hydrogens is 675 g/mol. The highest BCUT2D eigenvalue weighted by Crippen LogP contribution is 2.44. The van der Waals surface area contributed by atoms with Crippen molar-refractivity contribution in [2.24, 2.45) is 10.4 Å². The minimum atomic E-state index is -0.148. The lowest BCUT2D eigenvalue weighted by atomic mass is 9.58. The van der Waals surface area contributed by atoms with Crippen LogP contribution in [0.3, 0.4) is 0 Å². The summed E-state index contributed by atoms with van der Waals surface area (Å²) in [6.07, 6.45) is 0. The molecule has 0 bridgehead atoms. The number of aromatic nitrogens is 1. The van der Waals surface area contributed by atoms with E-state index < -0.39 is 0 Å². The number of H-pyrrole nitrogens is 1. The summed E-state index contributed by atoms with van der Waals surface area (Å²) in [7, 11) is 2.47. The van der Waals surface area contributed by atoms with Crippen LogP contribution in [0.1, 0.15) is 83.5 Å². The molecule has 0 unspecified atom stereocenters. The zero-order valence-corrected chi connectivity index (χ0v) is 34.3.